The topological polar surface area (TPSA) is 79.4 Å². The van der Waals surface area contributed by atoms with Gasteiger partial charge in [0.1, 0.15) is 17.9 Å². The Hall–Kier alpha value is -2.50. The van der Waals surface area contributed by atoms with Crippen LogP contribution in [0.4, 0.5) is 5.82 Å². The van der Waals surface area contributed by atoms with Gasteiger partial charge in [0, 0.05) is 5.69 Å². The summed E-state index contributed by atoms with van der Waals surface area (Å²) < 4.78 is 11.9. The van der Waals surface area contributed by atoms with Gasteiger partial charge in [0.15, 0.2) is 5.69 Å². The van der Waals surface area contributed by atoms with Crippen LogP contribution in [0.3, 0.4) is 0 Å². The highest BCUT2D eigenvalue weighted by atomic mass is 16.5. The van der Waals surface area contributed by atoms with Crippen molar-refractivity contribution in [1.29, 1.82) is 0 Å². The Morgan fingerprint density at radius 2 is 1.95 bits per heavy atom. The number of nitrogens with two attached hydrogens (primary N) is 1. The summed E-state index contributed by atoms with van der Waals surface area (Å²) in [5.41, 5.74) is 6.86. The summed E-state index contributed by atoms with van der Waals surface area (Å²) in [6.45, 7) is 4.55. The number of anilines is 1. The average Bonchev–Trinajstić information content (AvgIpc) is 2.82. The molecule has 0 atom stereocenters. The van der Waals surface area contributed by atoms with E-state index in [1.807, 2.05) is 31.2 Å². The van der Waals surface area contributed by atoms with E-state index in [0.29, 0.717) is 6.61 Å². The molecule has 1 heterocycles. The molecule has 0 saturated carbocycles. The molecule has 0 amide bonds. The number of benzene rings is 1. The molecule has 0 saturated heterocycles. The van der Waals surface area contributed by atoms with Gasteiger partial charge in [-0.05, 0) is 38.1 Å². The number of hydrogen-bond acceptors (Lipinski definition) is 5. The predicted molar refractivity (Wildman–Crippen MR) is 75.1 cm³/mol. The van der Waals surface area contributed by atoms with Crippen LogP contribution in [0.2, 0.25) is 0 Å². The minimum absolute atomic E-state index is 0.126. The van der Waals surface area contributed by atoms with Crippen molar-refractivity contribution in [1.82, 2.24) is 9.55 Å². The maximum atomic E-state index is 11.7. The minimum Gasteiger partial charge on any atom is -0.494 e. The monoisotopic (exact) mass is 275 g/mol. The molecule has 20 heavy (non-hydrogen) atoms. The first-order valence-electron chi connectivity index (χ1n) is 6.40. The Morgan fingerprint density at radius 3 is 2.55 bits per heavy atom. The number of nitrogen functional groups attached to an aromatic ring is 1. The predicted octanol–water partition coefficient (Wildman–Crippen LogP) is 2.03. The summed E-state index contributed by atoms with van der Waals surface area (Å²) in [6.07, 6.45) is 1.50. The number of rotatable bonds is 5. The van der Waals surface area contributed by atoms with Crippen molar-refractivity contribution in [3.63, 3.8) is 0 Å². The minimum atomic E-state index is -0.519. The van der Waals surface area contributed by atoms with Gasteiger partial charge < -0.3 is 15.2 Å². The molecule has 6 nitrogen and oxygen atoms in total. The highest BCUT2D eigenvalue weighted by Crippen LogP contribution is 2.20. The number of hydrogen-bond donors (Lipinski definition) is 1. The molecule has 0 unspecified atom stereocenters. The molecule has 6 heteroatoms. The fourth-order valence-corrected chi connectivity index (χ4v) is 1.79. The van der Waals surface area contributed by atoms with Crippen LogP contribution in [0.1, 0.15) is 24.3 Å². The summed E-state index contributed by atoms with van der Waals surface area (Å²) in [5, 5.41) is 0. The molecule has 2 rings (SSSR count). The first-order chi connectivity index (χ1) is 9.67. The van der Waals surface area contributed by atoms with E-state index in [2.05, 4.69) is 4.98 Å². The fourth-order valence-electron chi connectivity index (χ4n) is 1.79. The van der Waals surface area contributed by atoms with Gasteiger partial charge in [0.2, 0.25) is 0 Å². The molecule has 2 N–H and O–H groups in total. The molecular formula is C14H17N3O3. The molecule has 106 valence electrons. The molecule has 0 aliphatic carbocycles. The summed E-state index contributed by atoms with van der Waals surface area (Å²) in [6, 6.07) is 7.36. The van der Waals surface area contributed by atoms with Gasteiger partial charge in [-0.25, -0.2) is 9.78 Å². The molecular weight excluding hydrogens is 258 g/mol. The molecule has 0 radical (unpaired) electrons. The molecule has 0 fully saturated rings. The van der Waals surface area contributed by atoms with Gasteiger partial charge in [-0.15, -0.1) is 0 Å². The number of carbonyl (C=O) groups is 1. The van der Waals surface area contributed by atoms with Crippen LogP contribution in [0.5, 0.6) is 5.75 Å². The molecule has 0 aliphatic heterocycles. The summed E-state index contributed by atoms with van der Waals surface area (Å²) in [7, 11) is 0. The molecule has 1 aromatic carbocycles. The van der Waals surface area contributed by atoms with E-state index in [1.54, 1.807) is 11.5 Å². The lowest BCUT2D eigenvalue weighted by Crippen LogP contribution is -2.09. The Labute approximate surface area is 117 Å². The molecule has 0 bridgehead atoms. The van der Waals surface area contributed by atoms with Crippen LogP contribution in [-0.4, -0.2) is 28.7 Å². The number of imidazole rings is 1. The van der Waals surface area contributed by atoms with Gasteiger partial charge in [0.25, 0.3) is 0 Å². The van der Waals surface area contributed by atoms with Crippen LogP contribution < -0.4 is 10.5 Å². The summed E-state index contributed by atoms with van der Waals surface area (Å²) in [5.74, 6) is 0.517. The maximum absolute atomic E-state index is 11.7. The third-order valence-corrected chi connectivity index (χ3v) is 2.70. The van der Waals surface area contributed by atoms with E-state index in [0.717, 1.165) is 11.4 Å². The second-order valence-electron chi connectivity index (χ2n) is 4.00. The van der Waals surface area contributed by atoms with E-state index in [9.17, 15) is 4.79 Å². The van der Waals surface area contributed by atoms with Crippen molar-refractivity contribution >= 4 is 11.8 Å². The number of nitrogens with zero attached hydrogens (tertiary/aromatic N) is 2. The molecule has 0 spiro atoms. The van der Waals surface area contributed by atoms with Crippen molar-refractivity contribution < 1.29 is 14.3 Å². The zero-order chi connectivity index (χ0) is 14.5. The van der Waals surface area contributed by atoms with Crippen LogP contribution in [0.25, 0.3) is 5.69 Å². The fraction of sp³-hybridized carbons (Fsp3) is 0.286. The first kappa shape index (κ1) is 13.9. The van der Waals surface area contributed by atoms with E-state index in [4.69, 9.17) is 15.2 Å². The van der Waals surface area contributed by atoms with Gasteiger partial charge in [-0.2, -0.15) is 0 Å². The van der Waals surface area contributed by atoms with E-state index in [1.165, 1.54) is 6.33 Å². The van der Waals surface area contributed by atoms with Crippen molar-refractivity contribution in [3.8, 4) is 11.4 Å². The van der Waals surface area contributed by atoms with Crippen LogP contribution in [0, 0.1) is 0 Å². The van der Waals surface area contributed by atoms with Gasteiger partial charge in [0.05, 0.1) is 13.2 Å². The number of ether oxygens (including phenoxy) is 2. The van der Waals surface area contributed by atoms with Gasteiger partial charge in [-0.1, -0.05) is 0 Å². The standard InChI is InChI=1S/C14H17N3O3/c1-3-19-11-7-5-10(6-8-11)17-9-16-12(13(17)15)14(18)20-4-2/h5-9H,3-4,15H2,1-2H3. The Balaban J connectivity index is 2.27. The van der Waals surface area contributed by atoms with Crippen LogP contribution in [0.15, 0.2) is 30.6 Å². The quantitative estimate of drug-likeness (QED) is 0.844. The molecule has 0 aliphatic rings. The number of esters is 1. The van der Waals surface area contributed by atoms with Crippen molar-refractivity contribution in [2.45, 2.75) is 13.8 Å². The summed E-state index contributed by atoms with van der Waals surface area (Å²) in [4.78, 5) is 15.7. The Kier molecular flexibility index (Phi) is 4.24. The maximum Gasteiger partial charge on any atom is 0.360 e. The first-order valence-corrected chi connectivity index (χ1v) is 6.40. The van der Waals surface area contributed by atoms with Crippen LogP contribution in [-0.2, 0) is 4.74 Å². The van der Waals surface area contributed by atoms with E-state index < -0.39 is 5.97 Å². The molecule has 2 aromatic rings. The van der Waals surface area contributed by atoms with E-state index >= 15 is 0 Å². The third-order valence-electron chi connectivity index (χ3n) is 2.70. The second-order valence-corrected chi connectivity index (χ2v) is 4.00. The van der Waals surface area contributed by atoms with Crippen molar-refractivity contribution in [2.75, 3.05) is 18.9 Å². The zero-order valence-electron chi connectivity index (χ0n) is 11.5. The smallest absolute Gasteiger partial charge is 0.360 e. The number of carbonyl (C=O) groups excluding carboxylic acids is 1. The Bertz CT molecular complexity index is 590. The van der Waals surface area contributed by atoms with Crippen LogP contribution >= 0.6 is 0 Å². The summed E-state index contributed by atoms with van der Waals surface area (Å²) >= 11 is 0. The number of aromatic nitrogens is 2. The van der Waals surface area contributed by atoms with Gasteiger partial charge in [-0.3, -0.25) is 4.57 Å². The highest BCUT2D eigenvalue weighted by Gasteiger charge is 2.17. The lowest BCUT2D eigenvalue weighted by Gasteiger charge is -2.07. The van der Waals surface area contributed by atoms with Crippen molar-refractivity contribution in [2.24, 2.45) is 0 Å². The van der Waals surface area contributed by atoms with Crippen molar-refractivity contribution in [3.05, 3.63) is 36.3 Å². The third kappa shape index (κ3) is 2.74. The second kappa shape index (κ2) is 6.10. The van der Waals surface area contributed by atoms with E-state index in [-0.39, 0.29) is 18.1 Å². The largest absolute Gasteiger partial charge is 0.494 e. The lowest BCUT2D eigenvalue weighted by molar-refractivity contribution is 0.0521. The highest BCUT2D eigenvalue weighted by molar-refractivity contribution is 5.92. The molecule has 1 aromatic heterocycles. The Morgan fingerprint density at radius 1 is 1.25 bits per heavy atom. The SMILES string of the molecule is CCOC(=O)c1ncn(-c2ccc(OCC)cc2)c1N. The van der Waals surface area contributed by atoms with Gasteiger partial charge >= 0.3 is 5.97 Å². The lowest BCUT2D eigenvalue weighted by atomic mass is 10.3. The zero-order valence-corrected chi connectivity index (χ0v) is 11.5. The average molecular weight is 275 g/mol. The normalized spacial score (nSPS) is 10.3.